The molecule has 1 aromatic rings. The molecule has 1 aliphatic rings. The molecule has 1 unspecified atom stereocenters. The Morgan fingerprint density at radius 2 is 2.50 bits per heavy atom. The second kappa shape index (κ2) is 6.86. The topological polar surface area (TPSA) is 147 Å². The lowest BCUT2D eigenvalue weighted by molar-refractivity contribution is -0.144. The van der Waals surface area contributed by atoms with Crippen LogP contribution < -0.4 is 11.1 Å². The lowest BCUT2D eigenvalue weighted by Crippen LogP contribution is -2.64. The van der Waals surface area contributed by atoms with Gasteiger partial charge in [-0.1, -0.05) is 5.16 Å². The van der Waals surface area contributed by atoms with E-state index in [9.17, 15) is 14.2 Å². The zero-order chi connectivity index (χ0) is 16.3. The Bertz CT molecular complexity index is 647. The number of likely N-dealkylation sites (tertiary alicyclic amines) is 1. The molecule has 0 aromatic carbocycles. The summed E-state index contributed by atoms with van der Waals surface area (Å²) in [6.07, 6.45) is -0.211. The molecule has 0 radical (unpaired) electrons. The Hall–Kier alpha value is -1.97. The van der Waals surface area contributed by atoms with Crippen LogP contribution in [0.25, 0.3) is 0 Å². The van der Waals surface area contributed by atoms with Gasteiger partial charge < -0.3 is 25.7 Å². The third kappa shape index (κ3) is 3.62. The summed E-state index contributed by atoms with van der Waals surface area (Å²) in [4.78, 5) is 42.4. The third-order valence-electron chi connectivity index (χ3n) is 2.81. The Morgan fingerprint density at radius 3 is 3.00 bits per heavy atom. The normalized spacial score (nSPS) is 19.5. The van der Waals surface area contributed by atoms with Crippen LogP contribution in [0.4, 0.5) is 5.13 Å². The maximum atomic E-state index is 12.1. The summed E-state index contributed by atoms with van der Waals surface area (Å²) in [7, 11) is -1.49. The van der Waals surface area contributed by atoms with Gasteiger partial charge in [0.05, 0.1) is 12.8 Å². The van der Waals surface area contributed by atoms with Crippen molar-refractivity contribution in [1.82, 2.24) is 15.2 Å². The number of amides is 2. The predicted octanol–water partition coefficient (Wildman–Crippen LogP) is -1.17. The van der Waals surface area contributed by atoms with Crippen molar-refractivity contribution in [2.24, 2.45) is 5.16 Å². The van der Waals surface area contributed by atoms with Crippen molar-refractivity contribution >= 4 is 42.0 Å². The number of carbonyl (C=O) groups is 2. The largest absolute Gasteiger partial charge is 0.398 e. The van der Waals surface area contributed by atoms with Crippen molar-refractivity contribution in [3.05, 3.63) is 11.1 Å². The number of nitrogens with zero attached hydrogens (tertiary/aromatic N) is 3. The summed E-state index contributed by atoms with van der Waals surface area (Å²) in [5.41, 5.74) is 5.65. The standard InChI is InChI=1S/C10H14N5O5PS/c1-20-14-7(6-3-22-10(11)13-6)8(16)12-5-2-15(9(5)17)4-21(18)19/h3,5,21H,2,4H2,1H3,(H2,11,13)(H,12,16)(H,18,19). The number of nitrogen functional groups attached to an aromatic ring is 1. The van der Waals surface area contributed by atoms with Crippen LogP contribution in [-0.4, -0.2) is 58.3 Å². The average Bonchev–Trinajstić information content (AvgIpc) is 2.88. The molecule has 2 amide bonds. The van der Waals surface area contributed by atoms with Crippen LogP contribution in [0.1, 0.15) is 5.69 Å². The molecule has 0 spiro atoms. The Kier molecular flexibility index (Phi) is 5.11. The van der Waals surface area contributed by atoms with Gasteiger partial charge in [-0.2, -0.15) is 0 Å². The maximum Gasteiger partial charge on any atom is 0.276 e. The molecule has 0 saturated carbocycles. The number of oxime groups is 1. The van der Waals surface area contributed by atoms with Gasteiger partial charge in [0.2, 0.25) is 13.9 Å². The Morgan fingerprint density at radius 1 is 1.77 bits per heavy atom. The molecule has 2 atom stereocenters. The van der Waals surface area contributed by atoms with E-state index in [4.69, 9.17) is 10.6 Å². The molecule has 4 N–H and O–H groups in total. The fraction of sp³-hybridized carbons (Fsp3) is 0.400. The first-order valence-corrected chi connectivity index (χ1v) is 8.50. The number of aromatic nitrogens is 1. The van der Waals surface area contributed by atoms with Crippen LogP contribution in [-0.2, 0) is 19.0 Å². The quantitative estimate of drug-likeness (QED) is 0.254. The lowest BCUT2D eigenvalue weighted by atomic mass is 10.1. The maximum absolute atomic E-state index is 12.1. The van der Waals surface area contributed by atoms with Gasteiger partial charge in [-0.15, -0.1) is 11.3 Å². The Balaban J connectivity index is 2.00. The lowest BCUT2D eigenvalue weighted by Gasteiger charge is -2.37. The van der Waals surface area contributed by atoms with Crippen molar-refractivity contribution in [3.63, 3.8) is 0 Å². The molecule has 1 aromatic heterocycles. The van der Waals surface area contributed by atoms with Crippen LogP contribution >= 0.6 is 19.4 Å². The van der Waals surface area contributed by atoms with E-state index in [1.165, 1.54) is 12.0 Å². The van der Waals surface area contributed by atoms with Crippen molar-refractivity contribution in [3.8, 4) is 0 Å². The van der Waals surface area contributed by atoms with E-state index in [0.29, 0.717) is 0 Å². The molecule has 120 valence electrons. The summed E-state index contributed by atoms with van der Waals surface area (Å²) < 4.78 is 10.7. The number of hydrogen-bond acceptors (Lipinski definition) is 8. The van der Waals surface area contributed by atoms with Gasteiger partial charge in [-0.25, -0.2) is 4.98 Å². The zero-order valence-electron chi connectivity index (χ0n) is 11.5. The summed E-state index contributed by atoms with van der Waals surface area (Å²) in [5, 5.41) is 7.88. The van der Waals surface area contributed by atoms with E-state index >= 15 is 0 Å². The fourth-order valence-corrected chi connectivity index (χ4v) is 2.99. The van der Waals surface area contributed by atoms with E-state index in [2.05, 4.69) is 20.3 Å². The van der Waals surface area contributed by atoms with Crippen LogP contribution in [0, 0.1) is 0 Å². The Labute approximate surface area is 129 Å². The van der Waals surface area contributed by atoms with Gasteiger partial charge in [0.15, 0.2) is 10.8 Å². The molecule has 2 rings (SSSR count). The molecule has 10 nitrogen and oxygen atoms in total. The highest BCUT2D eigenvalue weighted by molar-refractivity contribution is 7.37. The van der Waals surface area contributed by atoms with Crippen LogP contribution in [0.5, 0.6) is 0 Å². The molecular weight excluding hydrogens is 333 g/mol. The predicted molar refractivity (Wildman–Crippen MR) is 79.8 cm³/mol. The molecular formula is C10H14N5O5PS. The average molecular weight is 347 g/mol. The smallest absolute Gasteiger partial charge is 0.276 e. The SMILES string of the molecule is CON=C(C(=O)NC1CN(C[P@@H](=O)O)C1=O)c1csc(N)n1. The summed E-state index contributed by atoms with van der Waals surface area (Å²) in [6.45, 7) is 0.168. The van der Waals surface area contributed by atoms with Gasteiger partial charge in [-0.05, 0) is 0 Å². The van der Waals surface area contributed by atoms with Crippen molar-refractivity contribution in [1.29, 1.82) is 0 Å². The molecule has 22 heavy (non-hydrogen) atoms. The van der Waals surface area contributed by atoms with Gasteiger partial charge in [-0.3, -0.25) is 14.2 Å². The number of β-lactam (4-membered cyclic amide) rings is 1. The number of rotatable bonds is 6. The fourth-order valence-electron chi connectivity index (χ4n) is 1.83. The van der Waals surface area contributed by atoms with Gasteiger partial charge in [0.1, 0.15) is 18.8 Å². The van der Waals surface area contributed by atoms with E-state index in [1.807, 2.05) is 0 Å². The number of anilines is 1. The third-order valence-corrected chi connectivity index (χ3v) is 4.13. The monoisotopic (exact) mass is 347 g/mol. The van der Waals surface area contributed by atoms with Gasteiger partial charge in [0.25, 0.3) is 5.91 Å². The highest BCUT2D eigenvalue weighted by Crippen LogP contribution is 2.21. The van der Waals surface area contributed by atoms with E-state index in [-0.39, 0.29) is 29.4 Å². The molecule has 1 fully saturated rings. The molecule has 2 heterocycles. The van der Waals surface area contributed by atoms with Crippen LogP contribution in [0.15, 0.2) is 10.5 Å². The molecule has 1 aliphatic heterocycles. The first-order valence-electron chi connectivity index (χ1n) is 6.06. The zero-order valence-corrected chi connectivity index (χ0v) is 13.3. The second-order valence-electron chi connectivity index (χ2n) is 4.33. The van der Waals surface area contributed by atoms with Crippen LogP contribution in [0.2, 0.25) is 0 Å². The minimum atomic E-state index is -2.77. The summed E-state index contributed by atoms with van der Waals surface area (Å²) in [5.74, 6) is -1.06. The molecule has 12 heteroatoms. The first-order chi connectivity index (χ1) is 10.4. The minimum absolute atomic E-state index is 0.0996. The van der Waals surface area contributed by atoms with E-state index in [0.717, 1.165) is 11.3 Å². The second-order valence-corrected chi connectivity index (χ2v) is 6.33. The highest BCUT2D eigenvalue weighted by atomic mass is 32.1. The van der Waals surface area contributed by atoms with Crippen molar-refractivity contribution in [2.45, 2.75) is 6.04 Å². The number of nitrogens with one attached hydrogen (secondary N) is 1. The van der Waals surface area contributed by atoms with Crippen LogP contribution in [0.3, 0.4) is 0 Å². The molecule has 0 bridgehead atoms. The number of nitrogens with two attached hydrogens (primary N) is 1. The van der Waals surface area contributed by atoms with E-state index in [1.54, 1.807) is 5.38 Å². The van der Waals surface area contributed by atoms with E-state index < -0.39 is 25.9 Å². The highest BCUT2D eigenvalue weighted by Gasteiger charge is 2.39. The number of hydrogen-bond donors (Lipinski definition) is 3. The van der Waals surface area contributed by atoms with Crippen molar-refractivity contribution in [2.75, 3.05) is 25.7 Å². The van der Waals surface area contributed by atoms with Crippen molar-refractivity contribution < 1.29 is 23.9 Å². The number of thiazole rings is 1. The summed E-state index contributed by atoms with van der Waals surface area (Å²) >= 11 is 1.14. The van der Waals surface area contributed by atoms with Gasteiger partial charge >= 0.3 is 0 Å². The summed E-state index contributed by atoms with van der Waals surface area (Å²) in [6, 6.07) is -0.758. The molecule has 1 saturated heterocycles. The molecule has 0 aliphatic carbocycles. The minimum Gasteiger partial charge on any atom is -0.398 e. The number of carbonyl (C=O) groups excluding carboxylic acids is 2. The first kappa shape index (κ1) is 16.4. The van der Waals surface area contributed by atoms with Gasteiger partial charge in [0, 0.05) is 5.38 Å².